The van der Waals surface area contributed by atoms with Crippen molar-refractivity contribution in [2.45, 2.75) is 11.6 Å². The van der Waals surface area contributed by atoms with Crippen LogP contribution in [0.4, 0.5) is 5.69 Å². The van der Waals surface area contributed by atoms with Crippen LogP contribution < -0.4 is 10.5 Å². The fourth-order valence-corrected chi connectivity index (χ4v) is 2.66. The second kappa shape index (κ2) is 6.54. The Morgan fingerprint density at radius 3 is 2.86 bits per heavy atom. The molecule has 1 heterocycles. The van der Waals surface area contributed by atoms with Crippen molar-refractivity contribution >= 4 is 28.5 Å². The molecule has 0 amide bonds. The highest BCUT2D eigenvalue weighted by atomic mass is 32.2. The summed E-state index contributed by atoms with van der Waals surface area (Å²) < 4.78 is 11.3. The number of hydrogen-bond donors (Lipinski definition) is 1. The summed E-state index contributed by atoms with van der Waals surface area (Å²) in [5.41, 5.74) is 7.98. The van der Waals surface area contributed by atoms with Gasteiger partial charge in [0.1, 0.15) is 11.3 Å². The molecular weight excluding hydrogens is 284 g/mol. The van der Waals surface area contributed by atoms with Gasteiger partial charge in [0.15, 0.2) is 5.58 Å². The molecule has 108 valence electrons. The van der Waals surface area contributed by atoms with Gasteiger partial charge in [-0.1, -0.05) is 30.0 Å². The summed E-state index contributed by atoms with van der Waals surface area (Å²) in [5, 5.41) is 0.676. The van der Waals surface area contributed by atoms with E-state index in [4.69, 9.17) is 14.9 Å². The number of aromatic nitrogens is 1. The van der Waals surface area contributed by atoms with Crippen molar-refractivity contribution in [3.05, 3.63) is 48.5 Å². The number of anilines is 1. The summed E-state index contributed by atoms with van der Waals surface area (Å²) in [6.45, 7) is 0.685. The number of nitrogens with zero attached hydrogens (tertiary/aromatic N) is 1. The third-order valence-electron chi connectivity index (χ3n) is 2.92. The number of rotatable bonds is 6. The minimum absolute atomic E-state index is 0.676. The van der Waals surface area contributed by atoms with Crippen molar-refractivity contribution in [3.63, 3.8) is 0 Å². The summed E-state index contributed by atoms with van der Waals surface area (Å²) in [7, 11) is 0. The van der Waals surface area contributed by atoms with Crippen LogP contribution in [0.1, 0.15) is 6.42 Å². The number of nitrogens with two attached hydrogens (primary N) is 1. The van der Waals surface area contributed by atoms with Gasteiger partial charge in [0.05, 0.1) is 6.61 Å². The van der Waals surface area contributed by atoms with Crippen molar-refractivity contribution in [2.75, 3.05) is 18.1 Å². The molecule has 0 unspecified atom stereocenters. The Morgan fingerprint density at radius 1 is 1.14 bits per heavy atom. The third-order valence-corrected chi connectivity index (χ3v) is 3.83. The predicted molar refractivity (Wildman–Crippen MR) is 85.7 cm³/mol. The summed E-state index contributed by atoms with van der Waals surface area (Å²) in [6.07, 6.45) is 0.931. The van der Waals surface area contributed by atoms with Crippen LogP contribution in [0, 0.1) is 0 Å². The van der Waals surface area contributed by atoms with Crippen molar-refractivity contribution in [2.24, 2.45) is 0 Å². The largest absolute Gasteiger partial charge is 0.494 e. The van der Waals surface area contributed by atoms with E-state index in [0.717, 1.165) is 29.0 Å². The quantitative estimate of drug-likeness (QED) is 0.424. The number of thioether (sulfide) groups is 1. The highest BCUT2D eigenvalue weighted by molar-refractivity contribution is 7.99. The van der Waals surface area contributed by atoms with Gasteiger partial charge >= 0.3 is 0 Å². The van der Waals surface area contributed by atoms with E-state index in [2.05, 4.69) is 4.98 Å². The first-order chi connectivity index (χ1) is 10.3. The first kappa shape index (κ1) is 13.8. The van der Waals surface area contributed by atoms with E-state index in [-0.39, 0.29) is 0 Å². The summed E-state index contributed by atoms with van der Waals surface area (Å²) in [6, 6.07) is 15.3. The Kier molecular flexibility index (Phi) is 4.31. The lowest BCUT2D eigenvalue weighted by molar-refractivity contribution is 0.318. The second-order valence-corrected chi connectivity index (χ2v) is 5.62. The van der Waals surface area contributed by atoms with Crippen molar-refractivity contribution < 1.29 is 9.15 Å². The molecule has 0 spiro atoms. The lowest BCUT2D eigenvalue weighted by atomic mass is 10.3. The number of fused-ring (bicyclic) bond motifs is 1. The van der Waals surface area contributed by atoms with Gasteiger partial charge in [-0.25, -0.2) is 4.98 Å². The van der Waals surface area contributed by atoms with E-state index in [1.165, 1.54) is 0 Å². The van der Waals surface area contributed by atoms with Crippen molar-refractivity contribution in [1.82, 2.24) is 4.98 Å². The van der Waals surface area contributed by atoms with E-state index < -0.39 is 0 Å². The predicted octanol–water partition coefficient (Wildman–Crippen LogP) is 3.97. The molecule has 3 rings (SSSR count). The summed E-state index contributed by atoms with van der Waals surface area (Å²) >= 11 is 1.59. The molecule has 0 radical (unpaired) electrons. The number of ether oxygens (including phenoxy) is 1. The minimum Gasteiger partial charge on any atom is -0.494 e. The molecule has 3 aromatic rings. The molecule has 0 bridgehead atoms. The number of para-hydroxylation sites is 1. The molecule has 0 aliphatic rings. The van der Waals surface area contributed by atoms with E-state index >= 15 is 0 Å². The van der Waals surface area contributed by atoms with Gasteiger partial charge in [-0.15, -0.1) is 0 Å². The molecule has 0 aliphatic heterocycles. The zero-order valence-corrected chi connectivity index (χ0v) is 12.3. The Morgan fingerprint density at radius 2 is 2.00 bits per heavy atom. The van der Waals surface area contributed by atoms with E-state index in [1.807, 2.05) is 42.5 Å². The molecule has 0 fully saturated rings. The van der Waals surface area contributed by atoms with Crippen LogP contribution in [-0.4, -0.2) is 17.3 Å². The zero-order chi connectivity index (χ0) is 14.5. The molecule has 2 aromatic carbocycles. The third kappa shape index (κ3) is 3.70. The average molecular weight is 300 g/mol. The van der Waals surface area contributed by atoms with E-state index in [0.29, 0.717) is 17.5 Å². The van der Waals surface area contributed by atoms with Gasteiger partial charge in [0.2, 0.25) is 0 Å². The molecule has 1 aromatic heterocycles. The maximum Gasteiger partial charge on any atom is 0.256 e. The number of hydrogen-bond acceptors (Lipinski definition) is 5. The van der Waals surface area contributed by atoms with Gasteiger partial charge in [0.25, 0.3) is 5.22 Å². The van der Waals surface area contributed by atoms with Crippen LogP contribution >= 0.6 is 11.8 Å². The SMILES string of the molecule is Nc1ccc2nc(SCCCOc3ccccc3)oc2c1. The van der Waals surface area contributed by atoms with Crippen molar-refractivity contribution in [1.29, 1.82) is 0 Å². The first-order valence-electron chi connectivity index (χ1n) is 6.78. The number of nitrogen functional groups attached to an aromatic ring is 1. The first-order valence-corrected chi connectivity index (χ1v) is 7.76. The molecule has 5 heteroatoms. The fraction of sp³-hybridized carbons (Fsp3) is 0.188. The molecule has 2 N–H and O–H groups in total. The van der Waals surface area contributed by atoms with Crippen LogP contribution in [0.15, 0.2) is 58.2 Å². The highest BCUT2D eigenvalue weighted by Gasteiger charge is 2.06. The normalized spacial score (nSPS) is 10.9. The molecule has 0 aliphatic carbocycles. The smallest absolute Gasteiger partial charge is 0.256 e. The van der Waals surface area contributed by atoms with Gasteiger partial charge in [-0.2, -0.15) is 0 Å². The zero-order valence-electron chi connectivity index (χ0n) is 11.5. The van der Waals surface area contributed by atoms with Crippen LogP contribution in [0.3, 0.4) is 0 Å². The van der Waals surface area contributed by atoms with Crippen LogP contribution in [0.25, 0.3) is 11.1 Å². The Hall–Kier alpha value is -2.14. The molecule has 4 nitrogen and oxygen atoms in total. The molecule has 0 saturated carbocycles. The maximum atomic E-state index is 5.72. The van der Waals surface area contributed by atoms with Gasteiger partial charge in [-0.05, 0) is 30.7 Å². The topological polar surface area (TPSA) is 61.3 Å². The van der Waals surface area contributed by atoms with Gasteiger partial charge in [0, 0.05) is 17.5 Å². The molecular formula is C16H16N2O2S. The van der Waals surface area contributed by atoms with E-state index in [1.54, 1.807) is 17.8 Å². The van der Waals surface area contributed by atoms with Gasteiger partial charge < -0.3 is 14.9 Å². The molecule has 0 atom stereocenters. The molecule has 21 heavy (non-hydrogen) atoms. The Balaban J connectivity index is 1.46. The minimum atomic E-state index is 0.676. The monoisotopic (exact) mass is 300 g/mol. The van der Waals surface area contributed by atoms with Crippen LogP contribution in [0.5, 0.6) is 5.75 Å². The lowest BCUT2D eigenvalue weighted by Gasteiger charge is -2.04. The lowest BCUT2D eigenvalue weighted by Crippen LogP contribution is -1.98. The molecule has 0 saturated heterocycles. The second-order valence-electron chi connectivity index (χ2n) is 4.57. The maximum absolute atomic E-state index is 5.72. The van der Waals surface area contributed by atoms with Crippen molar-refractivity contribution in [3.8, 4) is 5.75 Å². The highest BCUT2D eigenvalue weighted by Crippen LogP contribution is 2.25. The number of oxazole rings is 1. The summed E-state index contributed by atoms with van der Waals surface area (Å²) in [5.74, 6) is 1.80. The van der Waals surface area contributed by atoms with Gasteiger partial charge in [-0.3, -0.25) is 0 Å². The van der Waals surface area contributed by atoms with E-state index in [9.17, 15) is 0 Å². The number of benzene rings is 2. The Labute approximate surface area is 127 Å². The Bertz CT molecular complexity index is 713. The average Bonchev–Trinajstić information content (AvgIpc) is 2.90. The van der Waals surface area contributed by atoms with Crippen LogP contribution in [-0.2, 0) is 0 Å². The van der Waals surface area contributed by atoms with Crippen LogP contribution in [0.2, 0.25) is 0 Å². The summed E-state index contributed by atoms with van der Waals surface area (Å²) in [4.78, 5) is 4.41. The standard InChI is InChI=1S/C16H16N2O2S/c17-12-7-8-14-15(11-12)20-16(18-14)21-10-4-9-19-13-5-2-1-3-6-13/h1-3,5-8,11H,4,9-10,17H2. The fourth-order valence-electron chi connectivity index (χ4n) is 1.91.